The van der Waals surface area contributed by atoms with Gasteiger partial charge in [-0.2, -0.15) is 0 Å². The molecule has 27 heavy (non-hydrogen) atoms. The van der Waals surface area contributed by atoms with E-state index in [-0.39, 0.29) is 11.9 Å². The van der Waals surface area contributed by atoms with Crippen LogP contribution in [0.5, 0.6) is 11.5 Å². The largest absolute Gasteiger partial charge is 0.462 e. The Morgan fingerprint density at radius 2 is 1.67 bits per heavy atom. The lowest BCUT2D eigenvalue weighted by Crippen LogP contribution is -2.10. The van der Waals surface area contributed by atoms with Gasteiger partial charge in [0.2, 0.25) is 0 Å². The van der Waals surface area contributed by atoms with Crippen molar-refractivity contribution in [1.82, 2.24) is 0 Å². The van der Waals surface area contributed by atoms with Crippen LogP contribution in [0.1, 0.15) is 32.5 Å². The molecule has 6 heteroatoms. The molecule has 0 unspecified atom stereocenters. The first-order valence-corrected chi connectivity index (χ1v) is 9.30. The summed E-state index contributed by atoms with van der Waals surface area (Å²) in [5.74, 6) is 0.755. The first-order chi connectivity index (χ1) is 13.1. The molecule has 3 aromatic rings. The molecule has 0 fully saturated rings. The topological polar surface area (TPSA) is 64.6 Å². The average Bonchev–Trinajstić information content (AvgIpc) is 3.03. The summed E-state index contributed by atoms with van der Waals surface area (Å²) in [7, 11) is 0. The van der Waals surface area contributed by atoms with E-state index in [2.05, 4.69) is 5.32 Å². The van der Waals surface area contributed by atoms with E-state index in [1.807, 2.05) is 37.3 Å². The molecule has 5 nitrogen and oxygen atoms in total. The highest BCUT2D eigenvalue weighted by molar-refractivity contribution is 7.18. The molecule has 0 aliphatic rings. The van der Waals surface area contributed by atoms with Gasteiger partial charge in [-0.15, -0.1) is 11.3 Å². The van der Waals surface area contributed by atoms with E-state index in [9.17, 15) is 9.59 Å². The summed E-state index contributed by atoms with van der Waals surface area (Å²) in [5.41, 5.74) is 1.28. The molecule has 0 bridgehead atoms. The van der Waals surface area contributed by atoms with Crippen molar-refractivity contribution >= 4 is 28.2 Å². The van der Waals surface area contributed by atoms with Crippen molar-refractivity contribution in [3.63, 3.8) is 0 Å². The molecule has 0 aliphatic heterocycles. The number of benzene rings is 2. The summed E-state index contributed by atoms with van der Waals surface area (Å²) < 4.78 is 10.7. The van der Waals surface area contributed by atoms with E-state index >= 15 is 0 Å². The lowest BCUT2D eigenvalue weighted by molar-refractivity contribution is 0.0531. The van der Waals surface area contributed by atoms with Crippen molar-refractivity contribution in [3.8, 4) is 11.5 Å². The summed E-state index contributed by atoms with van der Waals surface area (Å²) in [6, 6.07) is 18.1. The summed E-state index contributed by atoms with van der Waals surface area (Å²) in [4.78, 5) is 24.8. The van der Waals surface area contributed by atoms with Crippen LogP contribution in [0.25, 0.3) is 0 Å². The maximum Gasteiger partial charge on any atom is 0.348 e. The van der Waals surface area contributed by atoms with E-state index in [0.717, 1.165) is 11.3 Å². The van der Waals surface area contributed by atoms with E-state index in [0.29, 0.717) is 27.8 Å². The minimum Gasteiger partial charge on any atom is -0.462 e. The van der Waals surface area contributed by atoms with Crippen LogP contribution in [0.2, 0.25) is 0 Å². The molecule has 1 amide bonds. The fourth-order valence-corrected chi connectivity index (χ4v) is 3.39. The number of nitrogens with one attached hydrogen (secondary N) is 1. The first kappa shape index (κ1) is 18.7. The van der Waals surface area contributed by atoms with Crippen LogP contribution in [0.3, 0.4) is 0 Å². The fraction of sp³-hybridized carbons (Fsp3) is 0.143. The number of aryl methyl sites for hydroxylation is 1. The van der Waals surface area contributed by atoms with Gasteiger partial charge in [0.05, 0.1) is 11.6 Å². The van der Waals surface area contributed by atoms with Crippen molar-refractivity contribution in [2.45, 2.75) is 13.8 Å². The summed E-state index contributed by atoms with van der Waals surface area (Å²) in [5, 5.41) is 3.42. The van der Waals surface area contributed by atoms with Crippen molar-refractivity contribution < 1.29 is 19.1 Å². The molecule has 0 aliphatic carbocycles. The second-order valence-corrected chi connectivity index (χ2v) is 6.79. The van der Waals surface area contributed by atoms with Gasteiger partial charge in [0, 0.05) is 5.56 Å². The summed E-state index contributed by atoms with van der Waals surface area (Å²) in [6.07, 6.45) is 0. The van der Waals surface area contributed by atoms with Crippen LogP contribution in [0, 0.1) is 6.92 Å². The van der Waals surface area contributed by atoms with Crippen molar-refractivity contribution in [2.24, 2.45) is 0 Å². The number of hydrogen-bond donors (Lipinski definition) is 1. The van der Waals surface area contributed by atoms with E-state index in [1.165, 1.54) is 11.3 Å². The maximum atomic E-state index is 12.4. The third-order valence-corrected chi connectivity index (χ3v) is 4.84. The molecule has 0 saturated heterocycles. The normalized spacial score (nSPS) is 10.3. The van der Waals surface area contributed by atoms with Gasteiger partial charge in [0.15, 0.2) is 0 Å². The minimum absolute atomic E-state index is 0.252. The highest BCUT2D eigenvalue weighted by atomic mass is 32.1. The quantitative estimate of drug-likeness (QED) is 0.590. The van der Waals surface area contributed by atoms with Gasteiger partial charge in [0.1, 0.15) is 16.4 Å². The number of thiophene rings is 1. The highest BCUT2D eigenvalue weighted by Crippen LogP contribution is 2.28. The molecule has 1 heterocycles. The molecule has 0 atom stereocenters. The van der Waals surface area contributed by atoms with Crippen LogP contribution in [-0.4, -0.2) is 18.5 Å². The SMILES string of the molecule is CCOC(=O)c1sc(NC(=O)c2ccc(Oc3ccccc3)cc2)cc1C. The molecular formula is C21H19NO4S. The Balaban J connectivity index is 1.66. The molecular weight excluding hydrogens is 362 g/mol. The lowest BCUT2D eigenvalue weighted by Gasteiger charge is -2.07. The summed E-state index contributed by atoms with van der Waals surface area (Å²) in [6.45, 7) is 3.89. The molecule has 1 N–H and O–H groups in total. The zero-order valence-corrected chi connectivity index (χ0v) is 15.8. The molecule has 138 valence electrons. The number of para-hydroxylation sites is 1. The predicted molar refractivity (Wildman–Crippen MR) is 106 cm³/mol. The lowest BCUT2D eigenvalue weighted by atomic mass is 10.2. The van der Waals surface area contributed by atoms with Crippen molar-refractivity contribution in [3.05, 3.63) is 76.7 Å². The maximum absolute atomic E-state index is 12.4. The Bertz CT molecular complexity index is 933. The number of hydrogen-bond acceptors (Lipinski definition) is 5. The number of carbonyl (C=O) groups excluding carboxylic acids is 2. The van der Waals surface area contributed by atoms with Crippen LogP contribution < -0.4 is 10.1 Å². The standard InChI is InChI=1S/C21H19NO4S/c1-3-25-21(24)19-14(2)13-18(27-19)22-20(23)15-9-11-17(12-10-15)26-16-7-5-4-6-8-16/h4-13H,3H2,1-2H3,(H,22,23). The number of carbonyl (C=O) groups is 2. The third kappa shape index (κ3) is 4.74. The molecule has 3 rings (SSSR count). The van der Waals surface area contributed by atoms with Crippen molar-refractivity contribution in [1.29, 1.82) is 0 Å². The monoisotopic (exact) mass is 381 g/mol. The Morgan fingerprint density at radius 1 is 1.00 bits per heavy atom. The smallest absolute Gasteiger partial charge is 0.348 e. The third-order valence-electron chi connectivity index (χ3n) is 3.71. The van der Waals surface area contributed by atoms with Crippen LogP contribution in [-0.2, 0) is 4.74 Å². The number of rotatable bonds is 6. The Hall–Kier alpha value is -3.12. The number of amides is 1. The molecule has 0 saturated carbocycles. The second kappa shape index (κ2) is 8.51. The number of ether oxygens (including phenoxy) is 2. The second-order valence-electron chi connectivity index (χ2n) is 5.74. The fourth-order valence-electron chi connectivity index (χ4n) is 2.43. The van der Waals surface area contributed by atoms with Gasteiger partial charge in [0.25, 0.3) is 5.91 Å². The van der Waals surface area contributed by atoms with Gasteiger partial charge < -0.3 is 14.8 Å². The average molecular weight is 381 g/mol. The Kier molecular flexibility index (Phi) is 5.88. The molecule has 0 radical (unpaired) electrons. The van der Waals surface area contributed by atoms with Crippen LogP contribution in [0.15, 0.2) is 60.7 Å². The zero-order chi connectivity index (χ0) is 19.2. The Morgan fingerprint density at radius 3 is 2.33 bits per heavy atom. The van der Waals surface area contributed by atoms with Gasteiger partial charge in [-0.05, 0) is 61.9 Å². The van der Waals surface area contributed by atoms with Gasteiger partial charge in [-0.25, -0.2) is 4.79 Å². The van der Waals surface area contributed by atoms with E-state index < -0.39 is 0 Å². The van der Waals surface area contributed by atoms with Gasteiger partial charge in [-0.3, -0.25) is 4.79 Å². The highest BCUT2D eigenvalue weighted by Gasteiger charge is 2.16. The summed E-state index contributed by atoms with van der Waals surface area (Å²) >= 11 is 1.20. The molecule has 1 aromatic heterocycles. The zero-order valence-electron chi connectivity index (χ0n) is 15.0. The van der Waals surface area contributed by atoms with Crippen LogP contribution >= 0.6 is 11.3 Å². The van der Waals surface area contributed by atoms with E-state index in [4.69, 9.17) is 9.47 Å². The van der Waals surface area contributed by atoms with Gasteiger partial charge >= 0.3 is 5.97 Å². The molecule has 2 aromatic carbocycles. The Labute approximate surface area is 161 Å². The number of anilines is 1. The molecule has 0 spiro atoms. The predicted octanol–water partition coefficient (Wildman–Crippen LogP) is 5.28. The van der Waals surface area contributed by atoms with E-state index in [1.54, 1.807) is 37.3 Å². The van der Waals surface area contributed by atoms with Gasteiger partial charge in [-0.1, -0.05) is 18.2 Å². The van der Waals surface area contributed by atoms with Crippen molar-refractivity contribution in [2.75, 3.05) is 11.9 Å². The first-order valence-electron chi connectivity index (χ1n) is 8.48. The minimum atomic E-state index is -0.372. The van der Waals surface area contributed by atoms with Crippen LogP contribution in [0.4, 0.5) is 5.00 Å². The number of esters is 1.